The molecule has 0 bridgehead atoms. The van der Waals surface area contributed by atoms with Crippen molar-refractivity contribution < 1.29 is 27.1 Å². The number of halogens is 1. The van der Waals surface area contributed by atoms with E-state index in [4.69, 9.17) is 9.47 Å². The van der Waals surface area contributed by atoms with Crippen LogP contribution in [0.1, 0.15) is 30.5 Å². The summed E-state index contributed by atoms with van der Waals surface area (Å²) in [7, 11) is -1.06. The van der Waals surface area contributed by atoms with Crippen molar-refractivity contribution in [2.45, 2.75) is 31.2 Å². The van der Waals surface area contributed by atoms with Crippen LogP contribution in [-0.4, -0.2) is 35.1 Å². The summed E-state index contributed by atoms with van der Waals surface area (Å²) in [6.07, 6.45) is 0.597. The quantitative estimate of drug-likeness (QED) is 0.439. The Balaban J connectivity index is 1.90. The SMILES string of the molecule is CC[C@H](NC(=O)CN(c1ccc(F)cc1)S(=O)(=O)c1ccc(OC)cc1)c1ccc(OC)c(C)c1. The number of nitrogens with one attached hydrogen (secondary N) is 1. The minimum atomic E-state index is -4.13. The zero-order chi connectivity index (χ0) is 25.6. The van der Waals surface area contributed by atoms with E-state index in [0.29, 0.717) is 12.2 Å². The van der Waals surface area contributed by atoms with Crippen LogP contribution in [-0.2, 0) is 14.8 Å². The van der Waals surface area contributed by atoms with Crippen LogP contribution in [0.25, 0.3) is 0 Å². The molecule has 0 spiro atoms. The molecule has 0 fully saturated rings. The highest BCUT2D eigenvalue weighted by Crippen LogP contribution is 2.27. The molecule has 1 N–H and O–H groups in total. The maximum atomic E-state index is 13.5. The van der Waals surface area contributed by atoms with Crippen molar-refractivity contribution in [2.24, 2.45) is 0 Å². The molecule has 0 radical (unpaired) electrons. The standard InChI is InChI=1S/C26H29FN2O5S/c1-5-24(19-6-15-25(34-4)18(2)16-19)28-26(30)17-29(21-9-7-20(27)8-10-21)35(31,32)23-13-11-22(33-3)12-14-23/h6-16,24H,5,17H2,1-4H3,(H,28,30)/t24-/m0/s1. The van der Waals surface area contributed by atoms with Crippen LogP contribution < -0.4 is 19.1 Å². The Labute approximate surface area is 205 Å². The van der Waals surface area contributed by atoms with Crippen LogP contribution in [0.2, 0.25) is 0 Å². The molecule has 1 atom stereocenters. The molecule has 35 heavy (non-hydrogen) atoms. The molecule has 0 saturated heterocycles. The van der Waals surface area contributed by atoms with Gasteiger partial charge in [0, 0.05) is 0 Å². The fraction of sp³-hybridized carbons (Fsp3) is 0.269. The molecule has 186 valence electrons. The molecule has 3 aromatic rings. The number of nitrogens with zero attached hydrogens (tertiary/aromatic N) is 1. The number of benzene rings is 3. The summed E-state index contributed by atoms with van der Waals surface area (Å²) in [5.41, 5.74) is 1.98. The zero-order valence-electron chi connectivity index (χ0n) is 20.1. The van der Waals surface area contributed by atoms with E-state index in [2.05, 4.69) is 5.32 Å². The number of anilines is 1. The van der Waals surface area contributed by atoms with Gasteiger partial charge in [0.2, 0.25) is 5.91 Å². The molecule has 0 aliphatic rings. The first kappa shape index (κ1) is 26.0. The monoisotopic (exact) mass is 500 g/mol. The first-order valence-corrected chi connectivity index (χ1v) is 12.5. The Hall–Kier alpha value is -3.59. The molecule has 0 aliphatic carbocycles. The van der Waals surface area contributed by atoms with E-state index >= 15 is 0 Å². The number of aryl methyl sites for hydroxylation is 1. The molecule has 0 saturated carbocycles. The van der Waals surface area contributed by atoms with Crippen LogP contribution in [0.15, 0.2) is 71.6 Å². The summed E-state index contributed by atoms with van der Waals surface area (Å²) < 4.78 is 51.9. The van der Waals surface area contributed by atoms with Crippen molar-refractivity contribution in [3.05, 3.63) is 83.7 Å². The predicted octanol–water partition coefficient (Wildman–Crippen LogP) is 4.61. The highest BCUT2D eigenvalue weighted by atomic mass is 32.2. The molecule has 9 heteroatoms. The lowest BCUT2D eigenvalue weighted by atomic mass is 10.0. The van der Waals surface area contributed by atoms with Gasteiger partial charge in [-0.1, -0.05) is 19.1 Å². The first-order valence-electron chi connectivity index (χ1n) is 11.1. The van der Waals surface area contributed by atoms with Gasteiger partial charge < -0.3 is 14.8 Å². The average molecular weight is 501 g/mol. The molecule has 3 aromatic carbocycles. The van der Waals surface area contributed by atoms with Gasteiger partial charge in [0.05, 0.1) is 30.8 Å². The second-order valence-electron chi connectivity index (χ2n) is 7.92. The fourth-order valence-corrected chi connectivity index (χ4v) is 5.13. The van der Waals surface area contributed by atoms with Crippen molar-refractivity contribution in [3.8, 4) is 11.5 Å². The predicted molar refractivity (Wildman–Crippen MR) is 133 cm³/mol. The molecular weight excluding hydrogens is 471 g/mol. The van der Waals surface area contributed by atoms with Gasteiger partial charge in [0.15, 0.2) is 0 Å². The summed E-state index contributed by atoms with van der Waals surface area (Å²) in [5.74, 6) is 0.228. The molecule has 0 aliphatic heterocycles. The summed E-state index contributed by atoms with van der Waals surface area (Å²) >= 11 is 0. The maximum Gasteiger partial charge on any atom is 0.264 e. The lowest BCUT2D eigenvalue weighted by molar-refractivity contribution is -0.120. The van der Waals surface area contributed by atoms with E-state index in [1.807, 2.05) is 32.0 Å². The van der Waals surface area contributed by atoms with Gasteiger partial charge in [-0.25, -0.2) is 12.8 Å². The number of hydrogen-bond acceptors (Lipinski definition) is 5. The highest BCUT2D eigenvalue weighted by Gasteiger charge is 2.28. The first-order chi connectivity index (χ1) is 16.7. The molecule has 0 unspecified atom stereocenters. The third-order valence-corrected chi connectivity index (χ3v) is 7.40. The highest BCUT2D eigenvalue weighted by molar-refractivity contribution is 7.92. The Morgan fingerprint density at radius 1 is 1.00 bits per heavy atom. The second-order valence-corrected chi connectivity index (χ2v) is 9.78. The van der Waals surface area contributed by atoms with Gasteiger partial charge in [0.25, 0.3) is 10.0 Å². The van der Waals surface area contributed by atoms with E-state index in [1.165, 1.54) is 43.5 Å². The fourth-order valence-electron chi connectivity index (χ4n) is 3.71. The largest absolute Gasteiger partial charge is 0.497 e. The summed E-state index contributed by atoms with van der Waals surface area (Å²) in [4.78, 5) is 13.1. The number of methoxy groups -OCH3 is 2. The van der Waals surface area contributed by atoms with Gasteiger partial charge in [-0.2, -0.15) is 0 Å². The van der Waals surface area contributed by atoms with Crippen LogP contribution in [0.3, 0.4) is 0 Å². The Bertz CT molecular complexity index is 1260. The second kappa shape index (κ2) is 11.2. The normalized spacial score (nSPS) is 12.0. The number of carbonyl (C=O) groups is 1. The lowest BCUT2D eigenvalue weighted by Gasteiger charge is -2.26. The van der Waals surface area contributed by atoms with Crippen molar-refractivity contribution in [1.29, 1.82) is 0 Å². The summed E-state index contributed by atoms with van der Waals surface area (Å²) in [6.45, 7) is 3.36. The van der Waals surface area contributed by atoms with Crippen LogP contribution >= 0.6 is 0 Å². The third-order valence-electron chi connectivity index (χ3n) is 5.61. The number of amides is 1. The number of ether oxygens (including phenoxy) is 2. The number of sulfonamides is 1. The van der Waals surface area contributed by atoms with Crippen molar-refractivity contribution >= 4 is 21.6 Å². The van der Waals surface area contributed by atoms with Gasteiger partial charge in [-0.15, -0.1) is 0 Å². The lowest BCUT2D eigenvalue weighted by Crippen LogP contribution is -2.42. The van der Waals surface area contributed by atoms with Gasteiger partial charge in [-0.3, -0.25) is 9.10 Å². The Morgan fingerprint density at radius 2 is 1.66 bits per heavy atom. The summed E-state index contributed by atoms with van der Waals surface area (Å²) in [6, 6.07) is 16.1. The Kier molecular flexibility index (Phi) is 8.34. The molecule has 0 heterocycles. The van der Waals surface area contributed by atoms with Crippen molar-refractivity contribution in [2.75, 3.05) is 25.1 Å². The van der Waals surface area contributed by atoms with E-state index < -0.39 is 28.3 Å². The smallest absolute Gasteiger partial charge is 0.264 e. The van der Waals surface area contributed by atoms with Crippen LogP contribution in [0, 0.1) is 12.7 Å². The minimum Gasteiger partial charge on any atom is -0.497 e. The molecule has 0 aromatic heterocycles. The third kappa shape index (κ3) is 6.10. The molecule has 3 rings (SSSR count). The molecular formula is C26H29FN2O5S. The van der Waals surface area contributed by atoms with Gasteiger partial charge in [-0.05, 0) is 79.1 Å². The Morgan fingerprint density at radius 3 is 2.20 bits per heavy atom. The van der Waals surface area contributed by atoms with Crippen LogP contribution in [0.5, 0.6) is 11.5 Å². The van der Waals surface area contributed by atoms with E-state index in [9.17, 15) is 17.6 Å². The minimum absolute atomic E-state index is 0.0201. The topological polar surface area (TPSA) is 84.9 Å². The van der Waals surface area contributed by atoms with Crippen LogP contribution in [0.4, 0.5) is 10.1 Å². The van der Waals surface area contributed by atoms with Gasteiger partial charge in [0.1, 0.15) is 23.9 Å². The van der Waals surface area contributed by atoms with Crippen molar-refractivity contribution in [3.63, 3.8) is 0 Å². The van der Waals surface area contributed by atoms with E-state index in [0.717, 1.165) is 33.3 Å². The van der Waals surface area contributed by atoms with Crippen molar-refractivity contribution in [1.82, 2.24) is 5.32 Å². The number of hydrogen-bond donors (Lipinski definition) is 1. The average Bonchev–Trinajstić information content (AvgIpc) is 2.86. The van der Waals surface area contributed by atoms with Gasteiger partial charge >= 0.3 is 0 Å². The number of carbonyl (C=O) groups excluding carboxylic acids is 1. The molecule has 7 nitrogen and oxygen atoms in total. The molecule has 1 amide bonds. The maximum absolute atomic E-state index is 13.5. The zero-order valence-corrected chi connectivity index (χ0v) is 20.9. The van der Waals surface area contributed by atoms with E-state index in [1.54, 1.807) is 7.11 Å². The summed E-state index contributed by atoms with van der Waals surface area (Å²) in [5, 5.41) is 2.92. The number of rotatable bonds is 10. The van der Waals surface area contributed by atoms with E-state index in [-0.39, 0.29) is 16.6 Å².